The lowest BCUT2D eigenvalue weighted by molar-refractivity contribution is 0.297. The van der Waals surface area contributed by atoms with E-state index >= 15 is 0 Å². The van der Waals surface area contributed by atoms with Gasteiger partial charge in [0.05, 0.1) is 0 Å². The van der Waals surface area contributed by atoms with Crippen molar-refractivity contribution in [1.29, 1.82) is 0 Å². The average Bonchev–Trinajstić information content (AvgIpc) is 2.39. The fourth-order valence-corrected chi connectivity index (χ4v) is 7.49. The Kier molecular flexibility index (Phi) is 7.96. The maximum Gasteiger partial charge on any atom is 0.224 e. The van der Waals surface area contributed by atoms with E-state index in [1.807, 2.05) is 0 Å². The summed E-state index contributed by atoms with van der Waals surface area (Å²) in [7, 11) is -1.77. The third-order valence-corrected chi connectivity index (χ3v) is 8.76. The molecule has 0 spiro atoms. The van der Waals surface area contributed by atoms with Gasteiger partial charge in [-0.3, -0.25) is 0 Å². The SMILES string of the molecule is CCCCO[Si](CCC)(CCC)c1cccc(Br)c1. The lowest BCUT2D eigenvalue weighted by atomic mass is 10.4. The van der Waals surface area contributed by atoms with Gasteiger partial charge in [-0.15, -0.1) is 0 Å². The minimum Gasteiger partial charge on any atom is -0.412 e. The second-order valence-corrected chi connectivity index (χ2v) is 9.98. The summed E-state index contributed by atoms with van der Waals surface area (Å²) in [6.07, 6.45) is 4.81. The summed E-state index contributed by atoms with van der Waals surface area (Å²) in [5, 5.41) is 1.46. The molecule has 1 nitrogen and oxygen atoms in total. The van der Waals surface area contributed by atoms with Gasteiger partial charge < -0.3 is 4.43 Å². The second-order valence-electron chi connectivity index (χ2n) is 5.21. The van der Waals surface area contributed by atoms with Crippen LogP contribution in [-0.2, 0) is 4.43 Å². The number of benzene rings is 1. The van der Waals surface area contributed by atoms with Crippen molar-refractivity contribution in [2.45, 2.75) is 58.5 Å². The second kappa shape index (κ2) is 8.93. The molecule has 1 aromatic rings. The fraction of sp³-hybridized carbons (Fsp3) is 0.625. The maximum atomic E-state index is 6.51. The highest BCUT2D eigenvalue weighted by molar-refractivity contribution is 9.10. The first-order chi connectivity index (χ1) is 9.18. The molecule has 3 heteroatoms. The number of hydrogen-bond donors (Lipinski definition) is 0. The van der Waals surface area contributed by atoms with Gasteiger partial charge in [0, 0.05) is 11.1 Å². The molecule has 0 aromatic heterocycles. The highest BCUT2D eigenvalue weighted by atomic mass is 79.9. The normalized spacial score (nSPS) is 11.8. The van der Waals surface area contributed by atoms with Crippen LogP contribution in [0.5, 0.6) is 0 Å². The zero-order valence-electron chi connectivity index (χ0n) is 12.5. The molecule has 0 saturated heterocycles. The Morgan fingerprint density at radius 1 is 1.05 bits per heavy atom. The first-order valence-electron chi connectivity index (χ1n) is 7.58. The molecule has 108 valence electrons. The third kappa shape index (κ3) is 5.05. The van der Waals surface area contributed by atoms with Crippen molar-refractivity contribution in [3.63, 3.8) is 0 Å². The predicted octanol–water partition coefficient (Wildman–Crippen LogP) is 5.24. The summed E-state index contributed by atoms with van der Waals surface area (Å²) in [6, 6.07) is 11.3. The van der Waals surface area contributed by atoms with Gasteiger partial charge in [0.1, 0.15) is 0 Å². The molecule has 1 rings (SSSR count). The van der Waals surface area contributed by atoms with Crippen molar-refractivity contribution in [3.8, 4) is 0 Å². The van der Waals surface area contributed by atoms with E-state index in [9.17, 15) is 0 Å². The zero-order valence-corrected chi connectivity index (χ0v) is 15.1. The minimum absolute atomic E-state index is 0.926. The molecule has 0 fully saturated rings. The van der Waals surface area contributed by atoms with Gasteiger partial charge in [-0.25, -0.2) is 0 Å². The van der Waals surface area contributed by atoms with Crippen molar-refractivity contribution in [1.82, 2.24) is 0 Å². The number of hydrogen-bond acceptors (Lipinski definition) is 1. The summed E-state index contributed by atoms with van der Waals surface area (Å²) < 4.78 is 7.68. The smallest absolute Gasteiger partial charge is 0.224 e. The molecule has 0 bridgehead atoms. The van der Waals surface area contributed by atoms with Crippen LogP contribution in [-0.4, -0.2) is 14.9 Å². The van der Waals surface area contributed by atoms with Gasteiger partial charge in [-0.05, 0) is 35.8 Å². The summed E-state index contributed by atoms with van der Waals surface area (Å²) in [5.41, 5.74) is 0. The molecule has 0 N–H and O–H groups in total. The Labute approximate surface area is 128 Å². The first kappa shape index (κ1) is 16.9. The van der Waals surface area contributed by atoms with Gasteiger partial charge in [0.25, 0.3) is 0 Å². The Morgan fingerprint density at radius 3 is 2.26 bits per heavy atom. The van der Waals surface area contributed by atoms with Gasteiger partial charge in [-0.2, -0.15) is 0 Å². The topological polar surface area (TPSA) is 9.23 Å². The van der Waals surface area contributed by atoms with E-state index < -0.39 is 8.32 Å². The summed E-state index contributed by atoms with van der Waals surface area (Å²) in [6.45, 7) is 7.71. The van der Waals surface area contributed by atoms with Crippen LogP contribution in [0.1, 0.15) is 46.5 Å². The largest absolute Gasteiger partial charge is 0.412 e. The summed E-state index contributed by atoms with van der Waals surface area (Å²) >= 11 is 3.61. The molecule has 0 radical (unpaired) electrons. The monoisotopic (exact) mass is 342 g/mol. The van der Waals surface area contributed by atoms with Crippen molar-refractivity contribution in [3.05, 3.63) is 28.7 Å². The van der Waals surface area contributed by atoms with E-state index in [-0.39, 0.29) is 0 Å². The Hall–Kier alpha value is -0.123. The Bertz CT molecular complexity index is 362. The van der Waals surface area contributed by atoms with E-state index in [4.69, 9.17) is 4.43 Å². The van der Waals surface area contributed by atoms with Crippen LogP contribution in [0.2, 0.25) is 12.1 Å². The lowest BCUT2D eigenvalue weighted by Crippen LogP contribution is -2.50. The third-order valence-electron chi connectivity index (χ3n) is 3.53. The molecule has 0 amide bonds. The van der Waals surface area contributed by atoms with Gasteiger partial charge >= 0.3 is 0 Å². The predicted molar refractivity (Wildman–Crippen MR) is 90.6 cm³/mol. The van der Waals surface area contributed by atoms with Gasteiger partial charge in [0.2, 0.25) is 8.32 Å². The van der Waals surface area contributed by atoms with Crippen LogP contribution in [0.3, 0.4) is 0 Å². The zero-order chi connectivity index (χ0) is 14.1. The Morgan fingerprint density at radius 2 is 1.74 bits per heavy atom. The van der Waals surface area contributed by atoms with Crippen LogP contribution >= 0.6 is 15.9 Å². The van der Waals surface area contributed by atoms with Crippen molar-refractivity contribution in [2.24, 2.45) is 0 Å². The number of unbranched alkanes of at least 4 members (excludes halogenated alkanes) is 1. The highest BCUT2D eigenvalue weighted by Gasteiger charge is 2.35. The van der Waals surface area contributed by atoms with Crippen LogP contribution < -0.4 is 5.19 Å². The van der Waals surface area contributed by atoms with E-state index in [0.717, 1.165) is 6.61 Å². The van der Waals surface area contributed by atoms with E-state index in [2.05, 4.69) is 61.0 Å². The fourth-order valence-electron chi connectivity index (χ4n) is 2.63. The lowest BCUT2D eigenvalue weighted by Gasteiger charge is -2.32. The first-order valence-corrected chi connectivity index (χ1v) is 10.7. The molecular formula is C16H27BrOSi. The molecule has 0 aliphatic carbocycles. The molecule has 0 aliphatic rings. The van der Waals surface area contributed by atoms with Crippen LogP contribution in [0.15, 0.2) is 28.7 Å². The minimum atomic E-state index is -1.77. The van der Waals surface area contributed by atoms with Gasteiger partial charge in [-0.1, -0.05) is 68.1 Å². The average molecular weight is 343 g/mol. The highest BCUT2D eigenvalue weighted by Crippen LogP contribution is 2.23. The summed E-state index contributed by atoms with van der Waals surface area (Å²) in [5.74, 6) is 0. The van der Waals surface area contributed by atoms with E-state index in [0.29, 0.717) is 0 Å². The quantitative estimate of drug-likeness (QED) is 0.440. The Balaban J connectivity index is 2.99. The van der Waals surface area contributed by atoms with Crippen LogP contribution in [0.25, 0.3) is 0 Å². The standard InChI is InChI=1S/C16H27BrOSi/c1-4-7-11-18-19(12-5-2,13-6-3)16-10-8-9-15(17)14-16/h8-10,14H,4-7,11-13H2,1-3H3. The van der Waals surface area contributed by atoms with Gasteiger partial charge in [0.15, 0.2) is 0 Å². The van der Waals surface area contributed by atoms with Crippen molar-refractivity contribution >= 4 is 29.4 Å². The molecule has 0 atom stereocenters. The molecule has 0 saturated carbocycles. The van der Waals surface area contributed by atoms with Crippen LogP contribution in [0.4, 0.5) is 0 Å². The number of halogens is 1. The molecule has 0 heterocycles. The molecule has 0 unspecified atom stereocenters. The number of rotatable bonds is 9. The van der Waals surface area contributed by atoms with Crippen LogP contribution in [0, 0.1) is 0 Å². The molecule has 1 aromatic carbocycles. The molecular weight excluding hydrogens is 316 g/mol. The van der Waals surface area contributed by atoms with Crippen molar-refractivity contribution < 1.29 is 4.43 Å². The maximum absolute atomic E-state index is 6.51. The van der Waals surface area contributed by atoms with Crippen molar-refractivity contribution in [2.75, 3.05) is 6.61 Å². The molecule has 0 aliphatic heterocycles. The molecule has 19 heavy (non-hydrogen) atoms. The van der Waals surface area contributed by atoms with E-state index in [1.165, 1.54) is 47.4 Å². The van der Waals surface area contributed by atoms with E-state index in [1.54, 1.807) is 0 Å². The summed E-state index contributed by atoms with van der Waals surface area (Å²) in [4.78, 5) is 0.